The van der Waals surface area contributed by atoms with Crippen LogP contribution in [0, 0.1) is 10.1 Å². The number of nitro groups is 1. The molecular formula is C11H14N4O3S. The summed E-state index contributed by atoms with van der Waals surface area (Å²) in [6.45, 7) is 1.33. The van der Waals surface area contributed by atoms with Gasteiger partial charge < -0.3 is 10.4 Å². The molecule has 0 saturated carbocycles. The molecule has 0 saturated heterocycles. The van der Waals surface area contributed by atoms with Crippen LogP contribution in [0.1, 0.15) is 5.56 Å². The van der Waals surface area contributed by atoms with Crippen LogP contribution in [0.25, 0.3) is 0 Å². The number of nitrogens with one attached hydrogen (secondary N) is 1. The Morgan fingerprint density at radius 3 is 3.11 bits per heavy atom. The zero-order chi connectivity index (χ0) is 13.7. The molecule has 0 fully saturated rings. The quantitative estimate of drug-likeness (QED) is 0.584. The van der Waals surface area contributed by atoms with E-state index in [2.05, 4.69) is 10.4 Å². The molecule has 0 spiro atoms. The molecule has 0 aliphatic rings. The SMILES string of the molecule is O=[N+]([O-])c1cnn(CC(O)CNCc2ccsc2)c1. The Hall–Kier alpha value is -1.77. The van der Waals surface area contributed by atoms with Gasteiger partial charge in [0.05, 0.1) is 17.6 Å². The smallest absolute Gasteiger partial charge is 0.306 e. The van der Waals surface area contributed by atoms with Crippen LogP contribution >= 0.6 is 11.3 Å². The van der Waals surface area contributed by atoms with Crippen molar-refractivity contribution in [2.45, 2.75) is 19.2 Å². The lowest BCUT2D eigenvalue weighted by atomic mass is 10.3. The summed E-state index contributed by atoms with van der Waals surface area (Å²) in [4.78, 5) is 9.97. The van der Waals surface area contributed by atoms with Crippen LogP contribution in [0.3, 0.4) is 0 Å². The predicted molar refractivity (Wildman–Crippen MR) is 70.9 cm³/mol. The molecule has 8 heteroatoms. The summed E-state index contributed by atoms with van der Waals surface area (Å²) in [5, 5.41) is 31.2. The van der Waals surface area contributed by atoms with Crippen LogP contribution in [-0.4, -0.2) is 32.5 Å². The van der Waals surface area contributed by atoms with Crippen LogP contribution in [0.15, 0.2) is 29.2 Å². The lowest BCUT2D eigenvalue weighted by molar-refractivity contribution is -0.385. The highest BCUT2D eigenvalue weighted by Gasteiger charge is 2.11. The van der Waals surface area contributed by atoms with Gasteiger partial charge in [0.25, 0.3) is 0 Å². The minimum atomic E-state index is -0.641. The maximum atomic E-state index is 10.5. The van der Waals surface area contributed by atoms with E-state index in [0.717, 1.165) is 0 Å². The van der Waals surface area contributed by atoms with E-state index in [0.29, 0.717) is 13.1 Å². The molecule has 102 valence electrons. The average molecular weight is 282 g/mol. The topological polar surface area (TPSA) is 93.2 Å². The molecule has 7 nitrogen and oxygen atoms in total. The Morgan fingerprint density at radius 2 is 2.47 bits per heavy atom. The highest BCUT2D eigenvalue weighted by atomic mass is 32.1. The molecule has 0 aliphatic carbocycles. The Morgan fingerprint density at radius 1 is 1.63 bits per heavy atom. The first-order valence-electron chi connectivity index (χ1n) is 5.72. The number of rotatable bonds is 7. The number of hydrogen-bond donors (Lipinski definition) is 2. The van der Waals surface area contributed by atoms with E-state index in [-0.39, 0.29) is 12.2 Å². The molecule has 2 aromatic heterocycles. The third kappa shape index (κ3) is 4.12. The Bertz CT molecular complexity index is 526. The predicted octanol–water partition coefficient (Wildman–Crippen LogP) is 1.00. The van der Waals surface area contributed by atoms with Crippen molar-refractivity contribution in [1.82, 2.24) is 15.1 Å². The Kier molecular flexibility index (Phi) is 4.61. The van der Waals surface area contributed by atoms with Gasteiger partial charge in [-0.2, -0.15) is 16.4 Å². The van der Waals surface area contributed by atoms with Gasteiger partial charge in [0.15, 0.2) is 0 Å². The minimum absolute atomic E-state index is 0.0709. The zero-order valence-corrected chi connectivity index (χ0v) is 10.9. The van der Waals surface area contributed by atoms with Gasteiger partial charge in [0.1, 0.15) is 12.4 Å². The van der Waals surface area contributed by atoms with E-state index in [1.165, 1.54) is 22.6 Å². The van der Waals surface area contributed by atoms with E-state index in [1.807, 2.05) is 16.8 Å². The fourth-order valence-electron chi connectivity index (χ4n) is 1.60. The molecular weight excluding hydrogens is 268 g/mol. The molecule has 0 radical (unpaired) electrons. The zero-order valence-electron chi connectivity index (χ0n) is 10.1. The number of aliphatic hydroxyl groups is 1. The van der Waals surface area contributed by atoms with Crippen molar-refractivity contribution in [1.29, 1.82) is 0 Å². The maximum Gasteiger partial charge on any atom is 0.306 e. The number of hydrogen-bond acceptors (Lipinski definition) is 6. The number of nitrogens with zero attached hydrogens (tertiary/aromatic N) is 3. The van der Waals surface area contributed by atoms with E-state index in [4.69, 9.17) is 0 Å². The molecule has 0 bridgehead atoms. The molecule has 0 aliphatic heterocycles. The number of aromatic nitrogens is 2. The van der Waals surface area contributed by atoms with Crippen LogP contribution in [0.2, 0.25) is 0 Å². The lowest BCUT2D eigenvalue weighted by Crippen LogP contribution is -2.30. The summed E-state index contributed by atoms with van der Waals surface area (Å²) in [7, 11) is 0. The third-order valence-corrected chi connectivity index (χ3v) is 3.25. The first kappa shape index (κ1) is 13.7. The normalized spacial score (nSPS) is 12.5. The van der Waals surface area contributed by atoms with Gasteiger partial charge in [-0.3, -0.25) is 14.8 Å². The van der Waals surface area contributed by atoms with Gasteiger partial charge >= 0.3 is 5.69 Å². The minimum Gasteiger partial charge on any atom is -0.390 e. The van der Waals surface area contributed by atoms with E-state index in [1.54, 1.807) is 11.3 Å². The molecule has 19 heavy (non-hydrogen) atoms. The second-order valence-electron chi connectivity index (χ2n) is 4.09. The van der Waals surface area contributed by atoms with E-state index >= 15 is 0 Å². The molecule has 0 amide bonds. The van der Waals surface area contributed by atoms with Gasteiger partial charge in [-0.05, 0) is 22.4 Å². The van der Waals surface area contributed by atoms with Crippen molar-refractivity contribution in [3.8, 4) is 0 Å². The second kappa shape index (κ2) is 6.41. The Labute approximate surface area is 113 Å². The standard InChI is InChI=1S/C11H14N4O3S/c16-11(5-12-3-9-1-2-19-8-9)7-14-6-10(4-13-14)15(17)18/h1-2,4,6,8,11-12,16H,3,5,7H2. The van der Waals surface area contributed by atoms with Gasteiger partial charge in [-0.25, -0.2) is 0 Å². The lowest BCUT2D eigenvalue weighted by Gasteiger charge is -2.11. The monoisotopic (exact) mass is 282 g/mol. The van der Waals surface area contributed by atoms with E-state index < -0.39 is 11.0 Å². The average Bonchev–Trinajstić information content (AvgIpc) is 3.00. The molecule has 1 atom stereocenters. The van der Waals surface area contributed by atoms with Gasteiger partial charge in [0, 0.05) is 13.1 Å². The molecule has 2 rings (SSSR count). The summed E-state index contributed by atoms with van der Waals surface area (Å²) in [5.41, 5.74) is 1.10. The van der Waals surface area contributed by atoms with Crippen LogP contribution in [0.4, 0.5) is 5.69 Å². The molecule has 0 aromatic carbocycles. The van der Waals surface area contributed by atoms with Crippen LogP contribution < -0.4 is 5.32 Å². The molecule has 2 aromatic rings. The molecule has 1 unspecified atom stereocenters. The summed E-state index contributed by atoms with van der Waals surface area (Å²) >= 11 is 1.63. The van der Waals surface area contributed by atoms with Crippen LogP contribution in [-0.2, 0) is 13.1 Å². The van der Waals surface area contributed by atoms with Crippen molar-refractivity contribution in [2.75, 3.05) is 6.54 Å². The maximum absolute atomic E-state index is 10.5. The highest BCUT2D eigenvalue weighted by molar-refractivity contribution is 7.07. The van der Waals surface area contributed by atoms with E-state index in [9.17, 15) is 15.2 Å². The van der Waals surface area contributed by atoms with Gasteiger partial charge in [0.2, 0.25) is 0 Å². The first-order valence-corrected chi connectivity index (χ1v) is 6.66. The summed E-state index contributed by atoms with van der Waals surface area (Å²) in [6.07, 6.45) is 1.84. The molecule has 2 N–H and O–H groups in total. The highest BCUT2D eigenvalue weighted by Crippen LogP contribution is 2.08. The van der Waals surface area contributed by atoms with Gasteiger partial charge in [-0.15, -0.1) is 0 Å². The first-order chi connectivity index (χ1) is 9.15. The third-order valence-electron chi connectivity index (χ3n) is 2.52. The largest absolute Gasteiger partial charge is 0.390 e. The Balaban J connectivity index is 1.74. The number of thiophene rings is 1. The van der Waals surface area contributed by atoms with Crippen molar-refractivity contribution in [3.63, 3.8) is 0 Å². The van der Waals surface area contributed by atoms with Crippen LogP contribution in [0.5, 0.6) is 0 Å². The summed E-state index contributed by atoms with van der Waals surface area (Å²) < 4.78 is 1.37. The fraction of sp³-hybridized carbons (Fsp3) is 0.364. The van der Waals surface area contributed by atoms with Crippen molar-refractivity contribution in [2.24, 2.45) is 0 Å². The summed E-state index contributed by atoms with van der Waals surface area (Å²) in [6, 6.07) is 2.01. The number of aliphatic hydroxyl groups excluding tert-OH is 1. The summed E-state index contributed by atoms with van der Waals surface area (Å²) in [5.74, 6) is 0. The second-order valence-corrected chi connectivity index (χ2v) is 4.87. The fourth-order valence-corrected chi connectivity index (χ4v) is 2.27. The molecule has 2 heterocycles. The van der Waals surface area contributed by atoms with Crippen molar-refractivity contribution < 1.29 is 10.0 Å². The van der Waals surface area contributed by atoms with Crippen molar-refractivity contribution >= 4 is 17.0 Å². The van der Waals surface area contributed by atoms with Crippen molar-refractivity contribution in [3.05, 3.63) is 44.9 Å². The van der Waals surface area contributed by atoms with Gasteiger partial charge in [-0.1, -0.05) is 0 Å².